The first-order valence-electron chi connectivity index (χ1n) is 5.90. The minimum atomic E-state index is -0.665. The average molecular weight is 290 g/mol. The van der Waals surface area contributed by atoms with E-state index >= 15 is 0 Å². The molecule has 1 heterocycles. The third-order valence-electron chi connectivity index (χ3n) is 2.75. The van der Waals surface area contributed by atoms with Crippen LogP contribution in [0.2, 0.25) is 0 Å². The SMILES string of the molecule is CNc1cc(C(=O)Nc2ccncc2F)ccc1[N+](=O)[O-]. The number of rotatable bonds is 4. The molecule has 1 amide bonds. The molecule has 0 spiro atoms. The molecule has 2 aromatic rings. The van der Waals surface area contributed by atoms with Gasteiger partial charge in [0.25, 0.3) is 11.6 Å². The highest BCUT2D eigenvalue weighted by atomic mass is 19.1. The highest BCUT2D eigenvalue weighted by Gasteiger charge is 2.16. The zero-order valence-corrected chi connectivity index (χ0v) is 11.0. The predicted molar refractivity (Wildman–Crippen MR) is 74.8 cm³/mol. The number of benzene rings is 1. The van der Waals surface area contributed by atoms with Crippen LogP contribution in [0.25, 0.3) is 0 Å². The van der Waals surface area contributed by atoms with Crippen LogP contribution in [0.1, 0.15) is 10.4 Å². The van der Waals surface area contributed by atoms with Crippen molar-refractivity contribution in [3.8, 4) is 0 Å². The van der Waals surface area contributed by atoms with Gasteiger partial charge in [0, 0.05) is 24.9 Å². The summed E-state index contributed by atoms with van der Waals surface area (Å²) in [5.41, 5.74) is 0.201. The van der Waals surface area contributed by atoms with Crippen molar-refractivity contribution in [1.82, 2.24) is 4.98 Å². The standard InChI is InChI=1S/C13H11FN4O3/c1-15-11-6-8(2-3-12(11)18(20)21)13(19)17-10-4-5-16-7-9(10)14/h2-7,15H,1H3,(H,16,17,19). The lowest BCUT2D eigenvalue weighted by molar-refractivity contribution is -0.383. The molecule has 0 aliphatic heterocycles. The summed E-state index contributed by atoms with van der Waals surface area (Å²) >= 11 is 0. The van der Waals surface area contributed by atoms with E-state index in [4.69, 9.17) is 0 Å². The number of halogens is 1. The number of nitro groups is 1. The number of aromatic nitrogens is 1. The summed E-state index contributed by atoms with van der Waals surface area (Å²) in [6, 6.07) is 5.15. The van der Waals surface area contributed by atoms with Crippen LogP contribution in [-0.2, 0) is 0 Å². The molecule has 0 unspecified atom stereocenters. The fourth-order valence-electron chi connectivity index (χ4n) is 1.71. The molecule has 0 saturated carbocycles. The topological polar surface area (TPSA) is 97.2 Å². The Hall–Kier alpha value is -3.03. The van der Waals surface area contributed by atoms with Crippen molar-refractivity contribution in [1.29, 1.82) is 0 Å². The lowest BCUT2D eigenvalue weighted by atomic mass is 10.1. The number of hydrogen-bond donors (Lipinski definition) is 2. The molecular formula is C13H11FN4O3. The van der Waals surface area contributed by atoms with Crippen LogP contribution in [0, 0.1) is 15.9 Å². The van der Waals surface area contributed by atoms with Gasteiger partial charge in [0.15, 0.2) is 5.82 Å². The normalized spacial score (nSPS) is 10.0. The van der Waals surface area contributed by atoms with E-state index in [0.717, 1.165) is 6.20 Å². The summed E-state index contributed by atoms with van der Waals surface area (Å²) in [6.07, 6.45) is 2.32. The highest BCUT2D eigenvalue weighted by Crippen LogP contribution is 2.25. The maximum absolute atomic E-state index is 13.4. The maximum Gasteiger partial charge on any atom is 0.292 e. The van der Waals surface area contributed by atoms with Gasteiger partial charge in [-0.25, -0.2) is 4.39 Å². The van der Waals surface area contributed by atoms with Crippen molar-refractivity contribution >= 4 is 23.0 Å². The lowest BCUT2D eigenvalue weighted by Gasteiger charge is -2.08. The van der Waals surface area contributed by atoms with Gasteiger partial charge in [0.2, 0.25) is 0 Å². The summed E-state index contributed by atoms with van der Waals surface area (Å²) in [6.45, 7) is 0. The zero-order chi connectivity index (χ0) is 15.4. The first kappa shape index (κ1) is 14.4. The van der Waals surface area contributed by atoms with Gasteiger partial charge in [-0.05, 0) is 18.2 Å². The molecule has 8 heteroatoms. The van der Waals surface area contributed by atoms with Crippen LogP contribution >= 0.6 is 0 Å². The Bertz CT molecular complexity index is 706. The van der Waals surface area contributed by atoms with Gasteiger partial charge in [-0.3, -0.25) is 19.9 Å². The van der Waals surface area contributed by atoms with Gasteiger partial charge in [0.1, 0.15) is 5.69 Å². The molecule has 0 saturated heterocycles. The molecule has 0 atom stereocenters. The molecule has 108 valence electrons. The van der Waals surface area contributed by atoms with Gasteiger partial charge in [0.05, 0.1) is 16.8 Å². The number of nitro benzene ring substituents is 1. The molecule has 0 aliphatic carbocycles. The largest absolute Gasteiger partial charge is 0.383 e. The first-order valence-corrected chi connectivity index (χ1v) is 5.90. The number of carbonyl (C=O) groups excluding carboxylic acids is 1. The number of carbonyl (C=O) groups is 1. The van der Waals surface area contributed by atoms with Crippen LogP contribution in [-0.4, -0.2) is 22.9 Å². The monoisotopic (exact) mass is 290 g/mol. The van der Waals surface area contributed by atoms with Crippen LogP contribution in [0.4, 0.5) is 21.5 Å². The summed E-state index contributed by atoms with van der Waals surface area (Å²) in [5.74, 6) is -1.24. The predicted octanol–water partition coefficient (Wildman–Crippen LogP) is 2.42. The minimum Gasteiger partial charge on any atom is -0.383 e. The third kappa shape index (κ3) is 3.11. The molecule has 0 fully saturated rings. The fraction of sp³-hybridized carbons (Fsp3) is 0.0769. The summed E-state index contributed by atoms with van der Waals surface area (Å²) < 4.78 is 13.4. The minimum absolute atomic E-state index is 0.0145. The third-order valence-corrected chi connectivity index (χ3v) is 2.75. The van der Waals surface area contributed by atoms with E-state index in [2.05, 4.69) is 15.6 Å². The van der Waals surface area contributed by atoms with Crippen molar-refractivity contribution in [2.45, 2.75) is 0 Å². The summed E-state index contributed by atoms with van der Waals surface area (Å²) in [5, 5.41) is 15.8. The van der Waals surface area contributed by atoms with Crippen LogP contribution < -0.4 is 10.6 Å². The maximum atomic E-state index is 13.4. The number of anilines is 2. The van der Waals surface area contributed by atoms with E-state index in [-0.39, 0.29) is 22.6 Å². The van der Waals surface area contributed by atoms with Crippen LogP contribution in [0.3, 0.4) is 0 Å². The van der Waals surface area contributed by atoms with E-state index in [1.165, 1.54) is 37.5 Å². The highest BCUT2D eigenvalue weighted by molar-refractivity contribution is 6.05. The second kappa shape index (κ2) is 5.95. The second-order valence-corrected chi connectivity index (χ2v) is 4.05. The fourth-order valence-corrected chi connectivity index (χ4v) is 1.71. The molecule has 0 bridgehead atoms. The number of amides is 1. The number of nitrogens with one attached hydrogen (secondary N) is 2. The Balaban J connectivity index is 2.28. The van der Waals surface area contributed by atoms with E-state index in [9.17, 15) is 19.3 Å². The van der Waals surface area contributed by atoms with E-state index in [1.807, 2.05) is 0 Å². The Morgan fingerprint density at radius 1 is 1.33 bits per heavy atom. The molecular weight excluding hydrogens is 279 g/mol. The zero-order valence-electron chi connectivity index (χ0n) is 11.0. The number of nitrogens with zero attached hydrogens (tertiary/aromatic N) is 2. The Labute approximate surface area is 119 Å². The molecule has 0 aliphatic rings. The second-order valence-electron chi connectivity index (χ2n) is 4.05. The van der Waals surface area contributed by atoms with Gasteiger partial charge in [-0.15, -0.1) is 0 Å². The molecule has 2 N–H and O–H groups in total. The number of pyridine rings is 1. The Kier molecular flexibility index (Phi) is 4.07. The average Bonchev–Trinajstić information content (AvgIpc) is 2.48. The van der Waals surface area contributed by atoms with Crippen molar-refractivity contribution < 1.29 is 14.1 Å². The quantitative estimate of drug-likeness (QED) is 0.665. The lowest BCUT2D eigenvalue weighted by Crippen LogP contribution is -2.13. The van der Waals surface area contributed by atoms with Crippen molar-refractivity contribution in [3.05, 3.63) is 58.2 Å². The van der Waals surface area contributed by atoms with Crippen LogP contribution in [0.5, 0.6) is 0 Å². The molecule has 1 aromatic heterocycles. The van der Waals surface area contributed by atoms with Gasteiger partial charge in [-0.2, -0.15) is 0 Å². The smallest absolute Gasteiger partial charge is 0.292 e. The van der Waals surface area contributed by atoms with Crippen molar-refractivity contribution in [2.75, 3.05) is 17.7 Å². The van der Waals surface area contributed by atoms with Crippen molar-refractivity contribution in [2.24, 2.45) is 0 Å². The summed E-state index contributed by atoms with van der Waals surface area (Å²) in [4.78, 5) is 25.8. The first-order chi connectivity index (χ1) is 10.0. The Morgan fingerprint density at radius 2 is 2.10 bits per heavy atom. The van der Waals surface area contributed by atoms with Gasteiger partial charge < -0.3 is 10.6 Å². The van der Waals surface area contributed by atoms with E-state index in [1.54, 1.807) is 0 Å². The Morgan fingerprint density at radius 3 is 2.71 bits per heavy atom. The van der Waals surface area contributed by atoms with Crippen molar-refractivity contribution in [3.63, 3.8) is 0 Å². The van der Waals surface area contributed by atoms with Gasteiger partial charge >= 0.3 is 0 Å². The van der Waals surface area contributed by atoms with Crippen LogP contribution in [0.15, 0.2) is 36.7 Å². The number of hydrogen-bond acceptors (Lipinski definition) is 5. The summed E-state index contributed by atoms with van der Waals surface area (Å²) in [7, 11) is 1.51. The molecule has 1 aromatic carbocycles. The van der Waals surface area contributed by atoms with Gasteiger partial charge in [-0.1, -0.05) is 0 Å². The molecule has 7 nitrogen and oxygen atoms in total. The molecule has 21 heavy (non-hydrogen) atoms. The van der Waals surface area contributed by atoms with E-state index < -0.39 is 16.6 Å². The van der Waals surface area contributed by atoms with E-state index in [0.29, 0.717) is 0 Å². The molecule has 0 radical (unpaired) electrons. The molecule has 2 rings (SSSR count).